The van der Waals surface area contributed by atoms with Crippen molar-refractivity contribution < 1.29 is 9.90 Å². The fourth-order valence-electron chi connectivity index (χ4n) is 2.96. The van der Waals surface area contributed by atoms with Crippen molar-refractivity contribution in [3.63, 3.8) is 0 Å². The van der Waals surface area contributed by atoms with Crippen molar-refractivity contribution in [1.82, 2.24) is 9.88 Å². The normalized spacial score (nSPS) is 17.1. The Morgan fingerprint density at radius 2 is 2.18 bits per heavy atom. The lowest BCUT2D eigenvalue weighted by Crippen LogP contribution is -2.21. The molecule has 0 saturated carbocycles. The summed E-state index contributed by atoms with van der Waals surface area (Å²) >= 11 is 0. The van der Waals surface area contributed by atoms with Gasteiger partial charge in [0, 0.05) is 48.9 Å². The second-order valence-corrected chi connectivity index (χ2v) is 6.86. The summed E-state index contributed by atoms with van der Waals surface area (Å²) in [6.45, 7) is 4.20. The van der Waals surface area contributed by atoms with Crippen molar-refractivity contribution in [2.24, 2.45) is 5.73 Å². The van der Waals surface area contributed by atoms with Gasteiger partial charge in [-0.25, -0.2) is 4.98 Å². The topological polar surface area (TPSA) is 91.5 Å². The van der Waals surface area contributed by atoms with Crippen molar-refractivity contribution in [2.45, 2.75) is 26.0 Å². The molecule has 1 aromatic heterocycles. The van der Waals surface area contributed by atoms with E-state index < -0.39 is 0 Å². The number of pyridine rings is 1. The third kappa shape index (κ3) is 5.43. The van der Waals surface area contributed by atoms with Gasteiger partial charge in [0.05, 0.1) is 6.10 Å². The molecule has 3 rings (SSSR count). The Morgan fingerprint density at radius 3 is 2.86 bits per heavy atom. The molecule has 0 unspecified atom stereocenters. The zero-order valence-corrected chi connectivity index (χ0v) is 15.9. The zero-order valence-electron chi connectivity index (χ0n) is 15.9. The van der Waals surface area contributed by atoms with Gasteiger partial charge < -0.3 is 16.2 Å². The third-order valence-electron chi connectivity index (χ3n) is 4.53. The summed E-state index contributed by atoms with van der Waals surface area (Å²) in [5, 5.41) is 12.5. The molecule has 1 amide bonds. The fraction of sp³-hybridized carbons (Fsp3) is 0.273. The molecule has 1 aliphatic heterocycles. The molecule has 1 atom stereocenters. The molecule has 0 spiro atoms. The molecule has 2 heterocycles. The van der Waals surface area contributed by atoms with Gasteiger partial charge in [0.2, 0.25) is 0 Å². The van der Waals surface area contributed by atoms with Crippen LogP contribution in [0.25, 0.3) is 0 Å². The number of nitrogens with one attached hydrogen (secondary N) is 1. The summed E-state index contributed by atoms with van der Waals surface area (Å²) in [5.41, 5.74) is 9.04. The molecule has 1 aromatic carbocycles. The standard InChI is InChI=1S/C22H24N4O2/c1-16(13-23)2-7-19-12-20(8-10-24-19)25-22(28)18-5-3-17(4-6-18)14-26-11-9-21(27)15-26/h3-6,8,10,12-13,21,27H,9,11,14-15,23H2,1H3,(H,24,25,28)/b16-13+/t21-/m1/s1. The number of aliphatic hydroxyl groups is 1. The van der Waals surface area contributed by atoms with Crippen molar-refractivity contribution in [3.8, 4) is 11.8 Å². The van der Waals surface area contributed by atoms with E-state index in [-0.39, 0.29) is 12.0 Å². The van der Waals surface area contributed by atoms with Crippen LogP contribution in [0.2, 0.25) is 0 Å². The van der Waals surface area contributed by atoms with E-state index in [4.69, 9.17) is 5.73 Å². The van der Waals surface area contributed by atoms with Crippen LogP contribution in [0.5, 0.6) is 0 Å². The maximum atomic E-state index is 12.5. The van der Waals surface area contributed by atoms with E-state index >= 15 is 0 Å². The summed E-state index contributed by atoms with van der Waals surface area (Å²) < 4.78 is 0. The molecule has 6 nitrogen and oxygen atoms in total. The highest BCUT2D eigenvalue weighted by Gasteiger charge is 2.19. The number of allylic oxidation sites excluding steroid dienone is 1. The maximum Gasteiger partial charge on any atom is 0.255 e. The largest absolute Gasteiger partial charge is 0.404 e. The minimum absolute atomic E-state index is 0.189. The summed E-state index contributed by atoms with van der Waals surface area (Å²) in [6, 6.07) is 11.0. The quantitative estimate of drug-likeness (QED) is 0.711. The van der Waals surface area contributed by atoms with E-state index in [0.29, 0.717) is 23.5 Å². The number of nitrogens with zero attached hydrogens (tertiary/aromatic N) is 2. The Balaban J connectivity index is 1.62. The number of hydrogen-bond donors (Lipinski definition) is 3. The lowest BCUT2D eigenvalue weighted by molar-refractivity contribution is 0.102. The maximum absolute atomic E-state index is 12.5. The molecule has 1 fully saturated rings. The van der Waals surface area contributed by atoms with Gasteiger partial charge in [-0.05, 0) is 49.1 Å². The molecule has 2 aromatic rings. The van der Waals surface area contributed by atoms with Crippen LogP contribution >= 0.6 is 0 Å². The van der Waals surface area contributed by atoms with Gasteiger partial charge in [0.25, 0.3) is 5.91 Å². The van der Waals surface area contributed by atoms with Gasteiger partial charge in [-0.2, -0.15) is 0 Å². The van der Waals surface area contributed by atoms with Crippen LogP contribution < -0.4 is 11.1 Å². The SMILES string of the molecule is C/C(C#Cc1cc(NC(=O)c2ccc(CN3CC[C@@H](O)C3)cc2)ccn1)=C\N. The van der Waals surface area contributed by atoms with Crippen molar-refractivity contribution in [1.29, 1.82) is 0 Å². The van der Waals surface area contributed by atoms with Crippen LogP contribution in [0.15, 0.2) is 54.4 Å². The minimum atomic E-state index is -0.227. The summed E-state index contributed by atoms with van der Waals surface area (Å²) in [5.74, 6) is 5.61. The van der Waals surface area contributed by atoms with Gasteiger partial charge in [0.1, 0.15) is 5.69 Å². The molecule has 0 radical (unpaired) electrons. The Labute approximate surface area is 165 Å². The Bertz CT molecular complexity index is 926. The van der Waals surface area contributed by atoms with E-state index in [0.717, 1.165) is 30.6 Å². The lowest BCUT2D eigenvalue weighted by atomic mass is 10.1. The van der Waals surface area contributed by atoms with E-state index in [1.54, 1.807) is 18.3 Å². The number of carbonyl (C=O) groups is 1. The number of likely N-dealkylation sites (tertiary alicyclic amines) is 1. The second-order valence-electron chi connectivity index (χ2n) is 6.86. The first kappa shape index (κ1) is 19.6. The first-order valence-electron chi connectivity index (χ1n) is 9.21. The predicted octanol–water partition coefficient (Wildman–Crippen LogP) is 2.11. The molecule has 0 bridgehead atoms. The van der Waals surface area contributed by atoms with Crippen LogP contribution in [0.3, 0.4) is 0 Å². The number of amides is 1. The van der Waals surface area contributed by atoms with Gasteiger partial charge in [0.15, 0.2) is 0 Å². The summed E-state index contributed by atoms with van der Waals surface area (Å²) in [6.07, 6.45) is 3.64. The Morgan fingerprint density at radius 1 is 1.39 bits per heavy atom. The molecular formula is C22H24N4O2. The minimum Gasteiger partial charge on any atom is -0.404 e. The van der Waals surface area contributed by atoms with Gasteiger partial charge in [-0.15, -0.1) is 0 Å². The Hall–Kier alpha value is -3.14. The number of benzene rings is 1. The molecule has 1 aliphatic rings. The molecular weight excluding hydrogens is 352 g/mol. The number of hydrogen-bond acceptors (Lipinski definition) is 5. The summed E-state index contributed by atoms with van der Waals surface area (Å²) in [4.78, 5) is 18.9. The van der Waals surface area contributed by atoms with Crippen molar-refractivity contribution in [3.05, 3.63) is 71.2 Å². The van der Waals surface area contributed by atoms with E-state index in [9.17, 15) is 9.90 Å². The smallest absolute Gasteiger partial charge is 0.255 e. The number of rotatable bonds is 4. The van der Waals surface area contributed by atoms with E-state index in [1.165, 1.54) is 6.20 Å². The lowest BCUT2D eigenvalue weighted by Gasteiger charge is -2.15. The molecule has 28 heavy (non-hydrogen) atoms. The first-order valence-corrected chi connectivity index (χ1v) is 9.21. The van der Waals surface area contributed by atoms with E-state index in [2.05, 4.69) is 27.0 Å². The predicted molar refractivity (Wildman–Crippen MR) is 109 cm³/mol. The van der Waals surface area contributed by atoms with E-state index in [1.807, 2.05) is 31.2 Å². The zero-order chi connectivity index (χ0) is 19.9. The third-order valence-corrected chi connectivity index (χ3v) is 4.53. The van der Waals surface area contributed by atoms with Gasteiger partial charge >= 0.3 is 0 Å². The first-order chi connectivity index (χ1) is 13.5. The number of anilines is 1. The number of aromatic nitrogens is 1. The van der Waals surface area contributed by atoms with Crippen molar-refractivity contribution >= 4 is 11.6 Å². The summed E-state index contributed by atoms with van der Waals surface area (Å²) in [7, 11) is 0. The van der Waals surface area contributed by atoms with Crippen LogP contribution in [0.1, 0.15) is 35.0 Å². The van der Waals surface area contributed by atoms with Crippen LogP contribution in [0, 0.1) is 11.8 Å². The molecule has 0 aliphatic carbocycles. The van der Waals surface area contributed by atoms with Crippen LogP contribution in [-0.2, 0) is 6.54 Å². The van der Waals surface area contributed by atoms with Crippen LogP contribution in [0.4, 0.5) is 5.69 Å². The fourth-order valence-corrected chi connectivity index (χ4v) is 2.96. The highest BCUT2D eigenvalue weighted by molar-refractivity contribution is 6.04. The number of nitrogens with two attached hydrogens (primary N) is 1. The van der Waals surface area contributed by atoms with Crippen molar-refractivity contribution in [2.75, 3.05) is 18.4 Å². The molecule has 144 valence electrons. The monoisotopic (exact) mass is 376 g/mol. The molecule has 1 saturated heterocycles. The average Bonchev–Trinajstić information content (AvgIpc) is 3.11. The van der Waals surface area contributed by atoms with Gasteiger partial charge in [-0.3, -0.25) is 9.69 Å². The average molecular weight is 376 g/mol. The molecule has 6 heteroatoms. The highest BCUT2D eigenvalue weighted by atomic mass is 16.3. The number of β-amino-alcohol motifs (C(OH)–C–C–N with tert-alkyl or cyclic N) is 1. The molecule has 4 N–H and O–H groups in total. The number of aliphatic hydroxyl groups excluding tert-OH is 1. The van der Waals surface area contributed by atoms with Crippen LogP contribution in [-0.4, -0.2) is 40.1 Å². The number of carbonyl (C=O) groups excluding carboxylic acids is 1. The van der Waals surface area contributed by atoms with Gasteiger partial charge in [-0.1, -0.05) is 18.1 Å². The highest BCUT2D eigenvalue weighted by Crippen LogP contribution is 2.15. The second kappa shape index (κ2) is 9.18. The Kier molecular flexibility index (Phi) is 6.43.